The van der Waals surface area contributed by atoms with Gasteiger partial charge < -0.3 is 25.0 Å². The van der Waals surface area contributed by atoms with E-state index in [0.717, 1.165) is 36.3 Å². The SMILES string of the molecule is COC[C@@H]1CCCN1C(=O)Cc1ccc(NC(=O)NCc2ccc(OC)cc2)cc1. The molecule has 1 aliphatic heterocycles. The van der Waals surface area contributed by atoms with Gasteiger partial charge in [0.25, 0.3) is 0 Å². The van der Waals surface area contributed by atoms with Crippen molar-refractivity contribution in [3.8, 4) is 5.75 Å². The first-order chi connectivity index (χ1) is 14.6. The van der Waals surface area contributed by atoms with Gasteiger partial charge in [-0.15, -0.1) is 0 Å². The van der Waals surface area contributed by atoms with Crippen LogP contribution < -0.4 is 15.4 Å². The highest BCUT2D eigenvalue weighted by Crippen LogP contribution is 2.19. The average Bonchev–Trinajstić information content (AvgIpc) is 3.23. The summed E-state index contributed by atoms with van der Waals surface area (Å²) in [6, 6.07) is 14.8. The Balaban J connectivity index is 1.46. The fourth-order valence-electron chi connectivity index (χ4n) is 3.61. The number of likely N-dealkylation sites (tertiary alicyclic amines) is 1. The fraction of sp³-hybridized carbons (Fsp3) is 0.391. The van der Waals surface area contributed by atoms with E-state index >= 15 is 0 Å². The van der Waals surface area contributed by atoms with Crippen LogP contribution in [0.4, 0.5) is 10.5 Å². The van der Waals surface area contributed by atoms with Gasteiger partial charge in [-0.3, -0.25) is 4.79 Å². The minimum Gasteiger partial charge on any atom is -0.497 e. The number of hydrogen-bond acceptors (Lipinski definition) is 4. The zero-order chi connectivity index (χ0) is 21.3. The molecule has 1 aliphatic rings. The maximum Gasteiger partial charge on any atom is 0.319 e. The predicted octanol–water partition coefficient (Wildman–Crippen LogP) is 3.20. The van der Waals surface area contributed by atoms with Crippen LogP contribution >= 0.6 is 0 Å². The highest BCUT2D eigenvalue weighted by molar-refractivity contribution is 5.89. The molecule has 1 saturated heterocycles. The van der Waals surface area contributed by atoms with E-state index in [1.807, 2.05) is 53.4 Å². The zero-order valence-electron chi connectivity index (χ0n) is 17.5. The Kier molecular flexibility index (Phi) is 7.68. The number of nitrogens with one attached hydrogen (secondary N) is 2. The van der Waals surface area contributed by atoms with E-state index in [0.29, 0.717) is 25.3 Å². The van der Waals surface area contributed by atoms with Crippen LogP contribution in [0.5, 0.6) is 5.75 Å². The topological polar surface area (TPSA) is 79.9 Å². The number of anilines is 1. The zero-order valence-corrected chi connectivity index (χ0v) is 17.5. The fourth-order valence-corrected chi connectivity index (χ4v) is 3.61. The quantitative estimate of drug-likeness (QED) is 0.699. The molecule has 3 rings (SSSR count). The molecule has 0 bridgehead atoms. The van der Waals surface area contributed by atoms with Crippen molar-refractivity contribution in [2.45, 2.75) is 31.8 Å². The monoisotopic (exact) mass is 411 g/mol. The van der Waals surface area contributed by atoms with E-state index in [4.69, 9.17) is 9.47 Å². The lowest BCUT2D eigenvalue weighted by Crippen LogP contribution is -2.39. The highest BCUT2D eigenvalue weighted by Gasteiger charge is 2.28. The van der Waals surface area contributed by atoms with Crippen LogP contribution in [0.3, 0.4) is 0 Å². The number of carbonyl (C=O) groups excluding carboxylic acids is 2. The Morgan fingerprint density at radius 2 is 1.73 bits per heavy atom. The Morgan fingerprint density at radius 1 is 1.03 bits per heavy atom. The number of hydrogen-bond donors (Lipinski definition) is 2. The number of carbonyl (C=O) groups is 2. The van der Waals surface area contributed by atoms with Crippen LogP contribution in [0.25, 0.3) is 0 Å². The molecule has 3 amide bonds. The van der Waals surface area contributed by atoms with Gasteiger partial charge >= 0.3 is 6.03 Å². The number of benzene rings is 2. The summed E-state index contributed by atoms with van der Waals surface area (Å²) in [5.74, 6) is 0.896. The lowest BCUT2D eigenvalue weighted by Gasteiger charge is -2.24. The summed E-state index contributed by atoms with van der Waals surface area (Å²) in [6.07, 6.45) is 2.37. The first-order valence-corrected chi connectivity index (χ1v) is 10.1. The third kappa shape index (κ3) is 5.97. The van der Waals surface area contributed by atoms with Crippen molar-refractivity contribution >= 4 is 17.6 Å². The third-order valence-corrected chi connectivity index (χ3v) is 5.24. The van der Waals surface area contributed by atoms with E-state index in [2.05, 4.69) is 10.6 Å². The van der Waals surface area contributed by atoms with Gasteiger partial charge in [-0.05, 0) is 48.2 Å². The summed E-state index contributed by atoms with van der Waals surface area (Å²) >= 11 is 0. The van der Waals surface area contributed by atoms with Crippen LogP contribution in [-0.2, 0) is 22.5 Å². The van der Waals surface area contributed by atoms with Crippen LogP contribution in [0.15, 0.2) is 48.5 Å². The molecule has 7 heteroatoms. The minimum absolute atomic E-state index is 0.118. The summed E-state index contributed by atoms with van der Waals surface area (Å²) in [5, 5.41) is 5.63. The molecule has 0 radical (unpaired) electrons. The molecule has 30 heavy (non-hydrogen) atoms. The first kappa shape index (κ1) is 21.6. The molecule has 160 valence electrons. The second-order valence-corrected chi connectivity index (χ2v) is 7.37. The maximum atomic E-state index is 12.6. The Bertz CT molecular complexity index is 837. The molecule has 0 saturated carbocycles. The normalized spacial score (nSPS) is 15.7. The van der Waals surface area contributed by atoms with Gasteiger partial charge in [-0.1, -0.05) is 24.3 Å². The smallest absolute Gasteiger partial charge is 0.319 e. The number of amides is 3. The maximum absolute atomic E-state index is 12.6. The summed E-state index contributed by atoms with van der Waals surface area (Å²) in [7, 11) is 3.28. The van der Waals surface area contributed by atoms with Crippen LogP contribution in [0.1, 0.15) is 24.0 Å². The highest BCUT2D eigenvalue weighted by atomic mass is 16.5. The largest absolute Gasteiger partial charge is 0.497 e. The number of nitrogens with zero attached hydrogens (tertiary/aromatic N) is 1. The Morgan fingerprint density at radius 3 is 2.40 bits per heavy atom. The number of urea groups is 1. The van der Waals surface area contributed by atoms with Gasteiger partial charge in [0.2, 0.25) is 5.91 Å². The predicted molar refractivity (Wildman–Crippen MR) is 116 cm³/mol. The molecule has 7 nitrogen and oxygen atoms in total. The molecule has 2 aromatic carbocycles. The molecule has 1 fully saturated rings. The van der Waals surface area contributed by atoms with Crippen molar-refractivity contribution in [3.05, 3.63) is 59.7 Å². The molecule has 2 N–H and O–H groups in total. The molecule has 0 unspecified atom stereocenters. The standard InChI is InChI=1S/C23H29N3O4/c1-29-16-20-4-3-13-26(20)22(27)14-17-5-9-19(10-6-17)25-23(28)24-15-18-7-11-21(30-2)12-8-18/h5-12,20H,3-4,13-16H2,1-2H3,(H2,24,25,28)/t20-/m0/s1. The van der Waals surface area contributed by atoms with Crippen molar-refractivity contribution in [2.75, 3.05) is 32.7 Å². The summed E-state index contributed by atoms with van der Waals surface area (Å²) < 4.78 is 10.3. The number of ether oxygens (including phenoxy) is 2. The minimum atomic E-state index is -0.283. The van der Waals surface area contributed by atoms with Crippen LogP contribution in [0.2, 0.25) is 0 Å². The third-order valence-electron chi connectivity index (χ3n) is 5.24. The summed E-state index contributed by atoms with van der Waals surface area (Å²) in [6.45, 7) is 1.79. The second-order valence-electron chi connectivity index (χ2n) is 7.37. The van der Waals surface area contributed by atoms with Gasteiger partial charge in [0.1, 0.15) is 5.75 Å². The molecule has 2 aromatic rings. The molecular formula is C23H29N3O4. The van der Waals surface area contributed by atoms with Crippen LogP contribution in [0, 0.1) is 0 Å². The van der Waals surface area contributed by atoms with E-state index in [-0.39, 0.29) is 18.0 Å². The van der Waals surface area contributed by atoms with Crippen molar-refractivity contribution in [1.82, 2.24) is 10.2 Å². The van der Waals surface area contributed by atoms with E-state index < -0.39 is 0 Å². The Labute approximate surface area is 177 Å². The van der Waals surface area contributed by atoms with E-state index in [1.54, 1.807) is 14.2 Å². The average molecular weight is 412 g/mol. The number of rotatable bonds is 8. The van der Waals surface area contributed by atoms with Gasteiger partial charge in [-0.2, -0.15) is 0 Å². The lowest BCUT2D eigenvalue weighted by atomic mass is 10.1. The molecule has 1 atom stereocenters. The number of methoxy groups -OCH3 is 2. The molecule has 0 aromatic heterocycles. The van der Waals surface area contributed by atoms with Crippen molar-refractivity contribution in [3.63, 3.8) is 0 Å². The molecule has 1 heterocycles. The van der Waals surface area contributed by atoms with Gasteiger partial charge in [-0.25, -0.2) is 4.79 Å². The summed E-state index contributed by atoms with van der Waals surface area (Å²) in [4.78, 5) is 26.6. The first-order valence-electron chi connectivity index (χ1n) is 10.1. The second kappa shape index (κ2) is 10.6. The Hall–Kier alpha value is -3.06. The van der Waals surface area contributed by atoms with Gasteiger partial charge in [0, 0.05) is 25.9 Å². The molecule has 0 aliphatic carbocycles. The lowest BCUT2D eigenvalue weighted by molar-refractivity contribution is -0.132. The molecular weight excluding hydrogens is 382 g/mol. The van der Waals surface area contributed by atoms with Crippen LogP contribution in [-0.4, -0.2) is 50.3 Å². The van der Waals surface area contributed by atoms with E-state index in [1.165, 1.54) is 0 Å². The van der Waals surface area contributed by atoms with Crippen molar-refractivity contribution in [2.24, 2.45) is 0 Å². The van der Waals surface area contributed by atoms with Gasteiger partial charge in [0.15, 0.2) is 0 Å². The summed E-state index contributed by atoms with van der Waals surface area (Å²) in [5.41, 5.74) is 2.58. The van der Waals surface area contributed by atoms with E-state index in [9.17, 15) is 9.59 Å². The van der Waals surface area contributed by atoms with Gasteiger partial charge in [0.05, 0.1) is 26.2 Å². The van der Waals surface area contributed by atoms with Crippen molar-refractivity contribution < 1.29 is 19.1 Å². The molecule has 0 spiro atoms. The van der Waals surface area contributed by atoms with Crippen molar-refractivity contribution in [1.29, 1.82) is 0 Å².